The molecule has 0 spiro atoms. The van der Waals surface area contributed by atoms with Crippen LogP contribution in [0.25, 0.3) is 0 Å². The molecule has 1 N–H and O–H groups in total. The van der Waals surface area contributed by atoms with E-state index in [1.54, 1.807) is 18.0 Å². The van der Waals surface area contributed by atoms with Gasteiger partial charge in [0, 0.05) is 20.1 Å². The highest BCUT2D eigenvalue weighted by molar-refractivity contribution is 6.29. The number of halogens is 4. The number of aromatic nitrogens is 2. The smallest absolute Gasteiger partial charge is 0.371 e. The van der Waals surface area contributed by atoms with Gasteiger partial charge >= 0.3 is 6.18 Å². The van der Waals surface area contributed by atoms with Crippen molar-refractivity contribution in [2.75, 3.05) is 18.9 Å². The van der Waals surface area contributed by atoms with Crippen molar-refractivity contribution in [2.45, 2.75) is 45.3 Å². The van der Waals surface area contributed by atoms with Gasteiger partial charge in [0.05, 0.1) is 11.8 Å². The second kappa shape index (κ2) is 10.6. The van der Waals surface area contributed by atoms with Crippen LogP contribution in [0.2, 0.25) is 5.15 Å². The van der Waals surface area contributed by atoms with E-state index in [-0.39, 0.29) is 41.6 Å². The van der Waals surface area contributed by atoms with Crippen LogP contribution >= 0.6 is 11.6 Å². The van der Waals surface area contributed by atoms with Crippen molar-refractivity contribution in [3.63, 3.8) is 0 Å². The molecule has 0 unspecified atom stereocenters. The van der Waals surface area contributed by atoms with Crippen LogP contribution in [0.4, 0.5) is 19.0 Å². The molecule has 3 rings (SSSR count). The number of benzene rings is 2. The van der Waals surface area contributed by atoms with Gasteiger partial charge in [-0.1, -0.05) is 74.8 Å². The van der Waals surface area contributed by atoms with Gasteiger partial charge in [0.1, 0.15) is 5.15 Å². The summed E-state index contributed by atoms with van der Waals surface area (Å²) in [7, 11) is 1.62. The van der Waals surface area contributed by atoms with Crippen LogP contribution in [-0.4, -0.2) is 34.4 Å². The molecule has 35 heavy (non-hydrogen) atoms. The molecule has 1 aromatic heterocycles. The van der Waals surface area contributed by atoms with Gasteiger partial charge in [0.15, 0.2) is 11.5 Å². The number of hydrogen-bond donors (Lipinski definition) is 1. The largest absolute Gasteiger partial charge is 0.416 e. The Morgan fingerprint density at radius 3 is 2.31 bits per heavy atom. The van der Waals surface area contributed by atoms with Gasteiger partial charge < -0.3 is 10.2 Å². The van der Waals surface area contributed by atoms with E-state index in [0.717, 1.165) is 23.3 Å². The maximum absolute atomic E-state index is 13.5. The molecular formula is C26H28ClF3N4O. The van der Waals surface area contributed by atoms with Crippen molar-refractivity contribution < 1.29 is 18.0 Å². The van der Waals surface area contributed by atoms with E-state index < -0.39 is 17.6 Å². The van der Waals surface area contributed by atoms with Crippen LogP contribution in [0.15, 0.2) is 54.7 Å². The lowest BCUT2D eigenvalue weighted by atomic mass is 9.87. The second-order valence-electron chi connectivity index (χ2n) is 9.26. The second-order valence-corrected chi connectivity index (χ2v) is 9.65. The minimum absolute atomic E-state index is 0.0182. The molecule has 5 nitrogen and oxygen atoms in total. The molecule has 1 amide bonds. The summed E-state index contributed by atoms with van der Waals surface area (Å²) in [6, 6.07) is 13.1. The Labute approximate surface area is 208 Å². The van der Waals surface area contributed by atoms with Gasteiger partial charge in [-0.25, -0.2) is 9.97 Å². The van der Waals surface area contributed by atoms with Crippen molar-refractivity contribution in [1.29, 1.82) is 0 Å². The Bertz CT molecular complexity index is 1170. The summed E-state index contributed by atoms with van der Waals surface area (Å²) in [4.78, 5) is 23.3. The molecule has 2 aromatic carbocycles. The summed E-state index contributed by atoms with van der Waals surface area (Å²) < 4.78 is 39.4. The molecule has 0 aliphatic carbocycles. The molecule has 0 aliphatic heterocycles. The number of carbonyl (C=O) groups excluding carboxylic acids is 1. The minimum atomic E-state index is -4.43. The van der Waals surface area contributed by atoms with Gasteiger partial charge in [0.25, 0.3) is 5.91 Å². The van der Waals surface area contributed by atoms with Crippen LogP contribution in [0.1, 0.15) is 53.5 Å². The Hall–Kier alpha value is -3.13. The number of nitrogens with zero attached hydrogens (tertiary/aromatic N) is 3. The summed E-state index contributed by atoms with van der Waals surface area (Å²) >= 11 is 6.00. The fraction of sp³-hybridized carbons (Fsp3) is 0.346. The Kier molecular flexibility index (Phi) is 8.05. The standard InChI is InChI=1S/C26H28ClF3N4O/c1-25(2,3)19-10-8-18(9-11-19)16-34(24(35)22-23(31-4)32-15-21(27)33-22)13-12-17-6-5-7-20(14-17)26(28,29)30/h5-11,14-15H,12-13,16H2,1-4H3,(H,31,32). The molecule has 0 saturated heterocycles. The van der Waals surface area contributed by atoms with E-state index in [0.29, 0.717) is 5.56 Å². The van der Waals surface area contributed by atoms with E-state index in [1.165, 1.54) is 12.3 Å². The predicted octanol–water partition coefficient (Wildman–Crippen LogP) is 6.37. The van der Waals surface area contributed by atoms with Crippen LogP contribution in [-0.2, 0) is 24.6 Å². The summed E-state index contributed by atoms with van der Waals surface area (Å²) in [5, 5.41) is 2.91. The molecule has 3 aromatic rings. The van der Waals surface area contributed by atoms with E-state index in [1.807, 2.05) is 24.3 Å². The van der Waals surface area contributed by atoms with Crippen molar-refractivity contribution >= 4 is 23.3 Å². The lowest BCUT2D eigenvalue weighted by Crippen LogP contribution is -2.34. The first-order chi connectivity index (χ1) is 16.4. The van der Waals surface area contributed by atoms with E-state index in [2.05, 4.69) is 36.1 Å². The third-order valence-electron chi connectivity index (χ3n) is 5.59. The molecular weight excluding hydrogens is 477 g/mol. The summed E-state index contributed by atoms with van der Waals surface area (Å²) in [5.41, 5.74) is 1.83. The Morgan fingerprint density at radius 1 is 1.03 bits per heavy atom. The van der Waals surface area contributed by atoms with Gasteiger partial charge in [-0.05, 0) is 34.6 Å². The molecule has 0 radical (unpaired) electrons. The lowest BCUT2D eigenvalue weighted by molar-refractivity contribution is -0.137. The van der Waals surface area contributed by atoms with Gasteiger partial charge in [-0.15, -0.1) is 0 Å². The fourth-order valence-electron chi connectivity index (χ4n) is 3.60. The highest BCUT2D eigenvalue weighted by Gasteiger charge is 2.30. The monoisotopic (exact) mass is 504 g/mol. The summed E-state index contributed by atoms with van der Waals surface area (Å²) in [6.45, 7) is 6.77. The maximum atomic E-state index is 13.5. The third-order valence-corrected chi connectivity index (χ3v) is 5.77. The zero-order valence-corrected chi connectivity index (χ0v) is 20.8. The van der Waals surface area contributed by atoms with Crippen molar-refractivity contribution in [3.8, 4) is 0 Å². The molecule has 0 atom stereocenters. The fourth-order valence-corrected chi connectivity index (χ4v) is 3.73. The zero-order chi connectivity index (χ0) is 25.8. The van der Waals surface area contributed by atoms with Crippen LogP contribution in [0.5, 0.6) is 0 Å². The third kappa shape index (κ3) is 6.94. The quantitative estimate of drug-likeness (QED) is 0.406. The molecule has 186 valence electrons. The molecule has 9 heteroatoms. The Morgan fingerprint density at radius 2 is 1.71 bits per heavy atom. The molecule has 0 bridgehead atoms. The maximum Gasteiger partial charge on any atom is 0.416 e. The summed E-state index contributed by atoms with van der Waals surface area (Å²) in [5.74, 6) is -0.150. The van der Waals surface area contributed by atoms with E-state index >= 15 is 0 Å². The number of anilines is 1. The molecule has 0 saturated carbocycles. The number of amides is 1. The van der Waals surface area contributed by atoms with Crippen molar-refractivity contribution in [1.82, 2.24) is 14.9 Å². The van der Waals surface area contributed by atoms with Crippen LogP contribution in [0, 0.1) is 0 Å². The first-order valence-corrected chi connectivity index (χ1v) is 11.5. The number of rotatable bonds is 7. The average Bonchev–Trinajstić information content (AvgIpc) is 2.80. The minimum Gasteiger partial charge on any atom is -0.371 e. The Balaban J connectivity index is 1.90. The van der Waals surface area contributed by atoms with Crippen LogP contribution < -0.4 is 5.32 Å². The summed E-state index contributed by atoms with van der Waals surface area (Å²) in [6.07, 6.45) is -2.86. The number of hydrogen-bond acceptors (Lipinski definition) is 4. The van der Waals surface area contributed by atoms with E-state index in [9.17, 15) is 18.0 Å². The molecule has 1 heterocycles. The number of nitrogens with one attached hydrogen (secondary N) is 1. The van der Waals surface area contributed by atoms with Gasteiger partial charge in [0.2, 0.25) is 0 Å². The highest BCUT2D eigenvalue weighted by Crippen LogP contribution is 2.30. The highest BCUT2D eigenvalue weighted by atomic mass is 35.5. The average molecular weight is 505 g/mol. The zero-order valence-electron chi connectivity index (χ0n) is 20.1. The molecule has 0 aliphatic rings. The normalized spacial score (nSPS) is 11.9. The topological polar surface area (TPSA) is 58.1 Å². The van der Waals surface area contributed by atoms with Crippen LogP contribution in [0.3, 0.4) is 0 Å². The first kappa shape index (κ1) is 26.5. The van der Waals surface area contributed by atoms with E-state index in [4.69, 9.17) is 11.6 Å². The van der Waals surface area contributed by atoms with Gasteiger partial charge in [-0.3, -0.25) is 4.79 Å². The van der Waals surface area contributed by atoms with Crippen molar-refractivity contribution in [2.24, 2.45) is 0 Å². The first-order valence-electron chi connectivity index (χ1n) is 11.1. The van der Waals surface area contributed by atoms with Crippen molar-refractivity contribution in [3.05, 3.63) is 87.8 Å². The number of alkyl halides is 3. The predicted molar refractivity (Wildman–Crippen MR) is 132 cm³/mol. The van der Waals surface area contributed by atoms with Gasteiger partial charge in [-0.2, -0.15) is 13.2 Å². The number of carbonyl (C=O) groups is 1. The molecule has 0 fully saturated rings. The SMILES string of the molecule is CNc1ncc(Cl)nc1C(=O)N(CCc1cccc(C(F)(F)F)c1)Cc1ccc(C(C)(C)C)cc1. The lowest BCUT2D eigenvalue weighted by Gasteiger charge is -2.24.